The fourth-order valence-electron chi connectivity index (χ4n) is 3.47. The van der Waals surface area contributed by atoms with E-state index >= 15 is 0 Å². The van der Waals surface area contributed by atoms with Crippen LogP contribution in [0.3, 0.4) is 0 Å². The average Bonchev–Trinajstić information content (AvgIpc) is 2.67. The minimum Gasteiger partial charge on any atom is -0.726 e. The van der Waals surface area contributed by atoms with Gasteiger partial charge in [-0.3, -0.25) is 4.18 Å². The van der Waals surface area contributed by atoms with Crippen molar-refractivity contribution in [2.24, 2.45) is 0 Å². The molecule has 0 bridgehead atoms. The monoisotopic (exact) mass is 465 g/mol. The molecule has 0 rings (SSSR count). The van der Waals surface area contributed by atoms with E-state index in [0.29, 0.717) is 6.42 Å². The lowest BCUT2D eigenvalue weighted by Gasteiger charge is -2.23. The van der Waals surface area contributed by atoms with E-state index in [0.717, 1.165) is 17.3 Å². The summed E-state index contributed by atoms with van der Waals surface area (Å²) in [6.45, 7) is 5.85. The maximum Gasteiger partial charge on any atom is 0.217 e. The van der Waals surface area contributed by atoms with Gasteiger partial charge in [-0.15, -0.1) is 0 Å². The predicted molar refractivity (Wildman–Crippen MR) is 133 cm³/mol. The Hall–Kier alpha value is -0.170. The first-order valence-electron chi connectivity index (χ1n) is 13.0. The van der Waals surface area contributed by atoms with Crippen LogP contribution >= 0.6 is 0 Å². The molecular formula is C25H55NO4S. The summed E-state index contributed by atoms with van der Waals surface area (Å²) < 4.78 is 35.6. The SMILES string of the molecule is CCCCCCCCCCCCOS(=O)(=O)[O-].CCCCCCCCCC[N+](C)(C)C. The van der Waals surface area contributed by atoms with E-state index in [-0.39, 0.29) is 6.61 Å². The molecule has 0 radical (unpaired) electrons. The van der Waals surface area contributed by atoms with Crippen molar-refractivity contribution in [1.82, 2.24) is 0 Å². The Balaban J connectivity index is 0. The second-order valence-electron chi connectivity index (χ2n) is 9.90. The van der Waals surface area contributed by atoms with Crippen molar-refractivity contribution in [3.05, 3.63) is 0 Å². The number of hydrogen-bond acceptors (Lipinski definition) is 4. The molecule has 0 aromatic carbocycles. The van der Waals surface area contributed by atoms with Crippen LogP contribution < -0.4 is 0 Å². The maximum atomic E-state index is 10.1. The summed E-state index contributed by atoms with van der Waals surface area (Å²) in [6.07, 6.45) is 23.1. The van der Waals surface area contributed by atoms with Gasteiger partial charge in [0.05, 0.1) is 34.3 Å². The largest absolute Gasteiger partial charge is 0.726 e. The van der Waals surface area contributed by atoms with Crippen LogP contribution in [0.1, 0.15) is 129 Å². The molecule has 0 aromatic rings. The smallest absolute Gasteiger partial charge is 0.217 e. The van der Waals surface area contributed by atoms with Crippen LogP contribution in [0, 0.1) is 0 Å². The fraction of sp³-hybridized carbons (Fsp3) is 1.00. The number of nitrogens with zero attached hydrogens (tertiary/aromatic N) is 1. The van der Waals surface area contributed by atoms with Gasteiger partial charge in [0, 0.05) is 0 Å². The molecule has 0 amide bonds. The van der Waals surface area contributed by atoms with Crippen LogP contribution in [-0.4, -0.2) is 51.7 Å². The van der Waals surface area contributed by atoms with Gasteiger partial charge < -0.3 is 9.04 Å². The molecule has 31 heavy (non-hydrogen) atoms. The summed E-state index contributed by atoms with van der Waals surface area (Å²) in [5.74, 6) is 0. The van der Waals surface area contributed by atoms with E-state index in [1.54, 1.807) is 0 Å². The average molecular weight is 466 g/mol. The van der Waals surface area contributed by atoms with E-state index in [1.807, 2.05) is 0 Å². The van der Waals surface area contributed by atoms with Gasteiger partial charge in [0.1, 0.15) is 0 Å². The second kappa shape index (κ2) is 23.0. The lowest BCUT2D eigenvalue weighted by atomic mass is 10.1. The molecule has 6 heteroatoms. The van der Waals surface area contributed by atoms with Gasteiger partial charge in [-0.1, -0.05) is 110 Å². The number of rotatable bonds is 21. The molecule has 0 saturated heterocycles. The molecule has 0 N–H and O–H groups in total. The molecule has 0 atom stereocenters. The molecule has 0 heterocycles. The molecule has 0 spiro atoms. The van der Waals surface area contributed by atoms with Crippen molar-refractivity contribution in [3.8, 4) is 0 Å². The Bertz CT molecular complexity index is 447. The zero-order valence-electron chi connectivity index (χ0n) is 21.6. The van der Waals surface area contributed by atoms with Crippen LogP contribution in [0.4, 0.5) is 0 Å². The Morgan fingerprint density at radius 2 is 0.903 bits per heavy atom. The Morgan fingerprint density at radius 3 is 1.23 bits per heavy atom. The third-order valence-electron chi connectivity index (χ3n) is 5.41. The van der Waals surface area contributed by atoms with Crippen LogP contribution in [0.15, 0.2) is 0 Å². The zero-order chi connectivity index (χ0) is 23.8. The Kier molecular flexibility index (Phi) is 24.5. The van der Waals surface area contributed by atoms with Gasteiger partial charge in [-0.25, -0.2) is 8.42 Å². The summed E-state index contributed by atoms with van der Waals surface area (Å²) >= 11 is 0. The van der Waals surface area contributed by atoms with E-state index < -0.39 is 10.4 Å². The zero-order valence-corrected chi connectivity index (χ0v) is 22.4. The predicted octanol–water partition coefficient (Wildman–Crippen LogP) is 7.22. The van der Waals surface area contributed by atoms with Crippen LogP contribution in [0.5, 0.6) is 0 Å². The molecule has 0 aliphatic carbocycles. The summed E-state index contributed by atoms with van der Waals surface area (Å²) in [4.78, 5) is 0. The van der Waals surface area contributed by atoms with Crippen molar-refractivity contribution in [2.75, 3.05) is 34.3 Å². The molecular weight excluding hydrogens is 410 g/mol. The molecule has 0 saturated carbocycles. The summed E-state index contributed by atoms with van der Waals surface area (Å²) in [6, 6.07) is 0. The van der Waals surface area contributed by atoms with Crippen molar-refractivity contribution in [1.29, 1.82) is 0 Å². The lowest BCUT2D eigenvalue weighted by Crippen LogP contribution is -2.35. The number of hydrogen-bond donors (Lipinski definition) is 0. The van der Waals surface area contributed by atoms with Gasteiger partial charge in [-0.05, 0) is 19.3 Å². The first-order valence-corrected chi connectivity index (χ1v) is 14.4. The van der Waals surface area contributed by atoms with Gasteiger partial charge in [0.15, 0.2) is 0 Å². The van der Waals surface area contributed by atoms with Gasteiger partial charge >= 0.3 is 0 Å². The van der Waals surface area contributed by atoms with E-state index in [4.69, 9.17) is 0 Å². The van der Waals surface area contributed by atoms with Crippen molar-refractivity contribution in [3.63, 3.8) is 0 Å². The highest BCUT2D eigenvalue weighted by Gasteiger charge is 2.04. The molecule has 190 valence electrons. The van der Waals surface area contributed by atoms with Gasteiger partial charge in [0.2, 0.25) is 10.4 Å². The minimum absolute atomic E-state index is 0.0301. The molecule has 0 aromatic heterocycles. The molecule has 0 fully saturated rings. The first-order chi connectivity index (χ1) is 14.6. The Morgan fingerprint density at radius 1 is 0.581 bits per heavy atom. The van der Waals surface area contributed by atoms with Gasteiger partial charge in [0.25, 0.3) is 0 Å². The highest BCUT2D eigenvalue weighted by molar-refractivity contribution is 7.80. The molecule has 0 aliphatic heterocycles. The number of quaternary nitrogens is 1. The van der Waals surface area contributed by atoms with Crippen LogP contribution in [0.25, 0.3) is 0 Å². The highest BCUT2D eigenvalue weighted by Crippen LogP contribution is 2.11. The van der Waals surface area contributed by atoms with E-state index in [2.05, 4.69) is 39.2 Å². The standard InChI is InChI=1S/C13H30N.C12H26O4S/c1-5-6-7-8-9-10-11-12-13-14(2,3)4;1-2-3-4-5-6-7-8-9-10-11-12-16-17(13,14)15/h5-13H2,1-4H3;2-12H2,1H3,(H,13,14,15)/q+1;/p-1. The third kappa shape index (κ3) is 37.5. The molecule has 5 nitrogen and oxygen atoms in total. The first kappa shape index (κ1) is 33.0. The van der Waals surface area contributed by atoms with Crippen LogP contribution in [0.2, 0.25) is 0 Å². The Labute approximate surface area is 195 Å². The third-order valence-corrected chi connectivity index (χ3v) is 5.86. The molecule has 0 aliphatic rings. The maximum absolute atomic E-state index is 10.1. The van der Waals surface area contributed by atoms with Crippen LogP contribution in [-0.2, 0) is 14.6 Å². The summed E-state index contributed by atoms with van der Waals surface area (Å²) in [5, 5.41) is 0. The summed E-state index contributed by atoms with van der Waals surface area (Å²) in [7, 11) is 2.35. The lowest BCUT2D eigenvalue weighted by molar-refractivity contribution is -0.870. The van der Waals surface area contributed by atoms with E-state index in [9.17, 15) is 13.0 Å². The van der Waals surface area contributed by atoms with Crippen molar-refractivity contribution >= 4 is 10.4 Å². The fourth-order valence-corrected chi connectivity index (χ4v) is 3.79. The highest BCUT2D eigenvalue weighted by atomic mass is 32.3. The molecule has 0 unspecified atom stereocenters. The van der Waals surface area contributed by atoms with Crippen molar-refractivity contribution < 1.29 is 21.6 Å². The second-order valence-corrected chi connectivity index (χ2v) is 11.0. The van der Waals surface area contributed by atoms with Crippen molar-refractivity contribution in [2.45, 2.75) is 129 Å². The quantitative estimate of drug-likeness (QED) is 0.0776. The van der Waals surface area contributed by atoms with Gasteiger partial charge in [-0.2, -0.15) is 0 Å². The van der Waals surface area contributed by atoms with E-state index in [1.165, 1.54) is 103 Å². The topological polar surface area (TPSA) is 66.4 Å². The normalized spacial score (nSPS) is 11.9. The summed E-state index contributed by atoms with van der Waals surface area (Å²) in [5.41, 5.74) is 0. The number of unbranched alkanes of at least 4 members (excludes halogenated alkanes) is 16. The minimum atomic E-state index is -4.48.